The average Bonchev–Trinajstić information content (AvgIpc) is 2.45. The monoisotopic (exact) mass is 276 g/mol. The summed E-state index contributed by atoms with van der Waals surface area (Å²) in [5.74, 6) is -0.690. The third kappa shape index (κ3) is 3.79. The minimum Gasteiger partial charge on any atom is -0.481 e. The van der Waals surface area contributed by atoms with Gasteiger partial charge in [0.1, 0.15) is 5.69 Å². The summed E-state index contributed by atoms with van der Waals surface area (Å²) in [6.07, 6.45) is 3.13. The lowest BCUT2D eigenvalue weighted by atomic mass is 9.82. The molecule has 108 valence electrons. The smallest absolute Gasteiger partial charge is 0.306 e. The van der Waals surface area contributed by atoms with Crippen molar-refractivity contribution in [3.63, 3.8) is 0 Å². The molecule has 1 fully saturated rings. The first-order valence-corrected chi connectivity index (χ1v) is 7.01. The minimum atomic E-state index is -0.698. The number of aliphatic carboxylic acids is 1. The number of carboxylic acids is 1. The largest absolute Gasteiger partial charge is 0.481 e. The fraction of sp³-hybridized carbons (Fsp3) is 0.533. The lowest BCUT2D eigenvalue weighted by molar-refractivity contribution is -0.143. The SMILES string of the molecule is Cc1cccc(C(=O)NCC2CCC(C(=O)O)CC2)n1. The number of carboxylic acid groups (broad SMARTS) is 1. The maximum Gasteiger partial charge on any atom is 0.306 e. The number of aromatic nitrogens is 1. The van der Waals surface area contributed by atoms with Crippen LogP contribution in [0.4, 0.5) is 0 Å². The zero-order valence-corrected chi connectivity index (χ0v) is 11.6. The predicted octanol–water partition coefficient (Wildman–Crippen LogP) is 2.01. The molecule has 1 aliphatic rings. The number of carbonyl (C=O) groups is 2. The van der Waals surface area contributed by atoms with E-state index in [4.69, 9.17) is 5.11 Å². The molecular formula is C15H20N2O3. The zero-order valence-electron chi connectivity index (χ0n) is 11.6. The van der Waals surface area contributed by atoms with Gasteiger partial charge in [-0.05, 0) is 50.7 Å². The van der Waals surface area contributed by atoms with Crippen molar-refractivity contribution >= 4 is 11.9 Å². The van der Waals surface area contributed by atoms with E-state index in [2.05, 4.69) is 10.3 Å². The number of carbonyl (C=O) groups excluding carboxylic acids is 1. The molecular weight excluding hydrogens is 256 g/mol. The fourth-order valence-electron chi connectivity index (χ4n) is 2.61. The Morgan fingerprint density at radius 2 is 2.00 bits per heavy atom. The van der Waals surface area contributed by atoms with Crippen LogP contribution in [-0.2, 0) is 4.79 Å². The number of hydrogen-bond donors (Lipinski definition) is 2. The quantitative estimate of drug-likeness (QED) is 0.881. The summed E-state index contributed by atoms with van der Waals surface area (Å²) in [6, 6.07) is 5.36. The highest BCUT2D eigenvalue weighted by Crippen LogP contribution is 2.28. The topological polar surface area (TPSA) is 79.3 Å². The van der Waals surface area contributed by atoms with E-state index < -0.39 is 5.97 Å². The van der Waals surface area contributed by atoms with Crippen LogP contribution in [0.5, 0.6) is 0 Å². The number of hydrogen-bond acceptors (Lipinski definition) is 3. The van der Waals surface area contributed by atoms with E-state index in [1.54, 1.807) is 6.07 Å². The molecule has 2 rings (SSSR count). The van der Waals surface area contributed by atoms with E-state index in [-0.39, 0.29) is 11.8 Å². The molecule has 1 saturated carbocycles. The number of aryl methyl sites for hydroxylation is 1. The van der Waals surface area contributed by atoms with Gasteiger partial charge in [-0.15, -0.1) is 0 Å². The molecule has 0 unspecified atom stereocenters. The Morgan fingerprint density at radius 1 is 1.30 bits per heavy atom. The van der Waals surface area contributed by atoms with Gasteiger partial charge in [-0.2, -0.15) is 0 Å². The van der Waals surface area contributed by atoms with Crippen molar-refractivity contribution in [2.45, 2.75) is 32.6 Å². The van der Waals surface area contributed by atoms with Crippen molar-refractivity contribution < 1.29 is 14.7 Å². The molecule has 5 heteroatoms. The van der Waals surface area contributed by atoms with Crippen molar-refractivity contribution in [3.05, 3.63) is 29.6 Å². The van der Waals surface area contributed by atoms with Gasteiger partial charge in [-0.25, -0.2) is 4.98 Å². The Balaban J connectivity index is 1.79. The molecule has 0 spiro atoms. The van der Waals surface area contributed by atoms with Gasteiger partial charge in [-0.3, -0.25) is 9.59 Å². The van der Waals surface area contributed by atoms with Crippen LogP contribution in [0.2, 0.25) is 0 Å². The summed E-state index contributed by atoms with van der Waals surface area (Å²) < 4.78 is 0. The Hall–Kier alpha value is -1.91. The molecule has 1 aliphatic carbocycles. The van der Waals surface area contributed by atoms with E-state index in [9.17, 15) is 9.59 Å². The summed E-state index contributed by atoms with van der Waals surface area (Å²) in [6.45, 7) is 2.45. The van der Waals surface area contributed by atoms with Crippen molar-refractivity contribution in [3.8, 4) is 0 Å². The van der Waals surface area contributed by atoms with Crippen LogP contribution in [0.15, 0.2) is 18.2 Å². The molecule has 0 atom stereocenters. The number of nitrogens with one attached hydrogen (secondary N) is 1. The molecule has 0 radical (unpaired) electrons. The zero-order chi connectivity index (χ0) is 14.5. The van der Waals surface area contributed by atoms with E-state index >= 15 is 0 Å². The second-order valence-corrected chi connectivity index (χ2v) is 5.43. The number of pyridine rings is 1. The number of amides is 1. The van der Waals surface area contributed by atoms with Crippen molar-refractivity contribution in [2.24, 2.45) is 11.8 Å². The van der Waals surface area contributed by atoms with E-state index in [0.29, 0.717) is 31.0 Å². The molecule has 5 nitrogen and oxygen atoms in total. The van der Waals surface area contributed by atoms with Gasteiger partial charge < -0.3 is 10.4 Å². The van der Waals surface area contributed by atoms with Crippen LogP contribution >= 0.6 is 0 Å². The maximum absolute atomic E-state index is 11.9. The number of rotatable bonds is 4. The van der Waals surface area contributed by atoms with Gasteiger partial charge in [0.15, 0.2) is 0 Å². The molecule has 0 aliphatic heterocycles. The first-order valence-electron chi connectivity index (χ1n) is 7.01. The van der Waals surface area contributed by atoms with Gasteiger partial charge in [-0.1, -0.05) is 6.07 Å². The highest BCUT2D eigenvalue weighted by Gasteiger charge is 2.26. The summed E-state index contributed by atoms with van der Waals surface area (Å²) in [4.78, 5) is 27.0. The second-order valence-electron chi connectivity index (χ2n) is 5.43. The standard InChI is InChI=1S/C15H20N2O3/c1-10-3-2-4-13(17-10)14(18)16-9-11-5-7-12(8-6-11)15(19)20/h2-4,11-12H,5-9H2,1H3,(H,16,18)(H,19,20). The van der Waals surface area contributed by atoms with Gasteiger partial charge >= 0.3 is 5.97 Å². The Morgan fingerprint density at radius 3 is 2.60 bits per heavy atom. The van der Waals surface area contributed by atoms with Crippen molar-refractivity contribution in [1.82, 2.24) is 10.3 Å². The van der Waals surface area contributed by atoms with Crippen molar-refractivity contribution in [1.29, 1.82) is 0 Å². The summed E-state index contributed by atoms with van der Waals surface area (Å²) >= 11 is 0. The molecule has 0 bridgehead atoms. The molecule has 2 N–H and O–H groups in total. The summed E-state index contributed by atoms with van der Waals surface area (Å²) in [5, 5.41) is 11.8. The maximum atomic E-state index is 11.9. The molecule has 0 saturated heterocycles. The van der Waals surface area contributed by atoms with Gasteiger partial charge in [0.05, 0.1) is 5.92 Å². The molecule has 20 heavy (non-hydrogen) atoms. The van der Waals surface area contributed by atoms with Crippen LogP contribution in [-0.4, -0.2) is 28.5 Å². The normalized spacial score (nSPS) is 22.2. The van der Waals surface area contributed by atoms with Crippen LogP contribution in [0.1, 0.15) is 41.9 Å². The van der Waals surface area contributed by atoms with E-state index in [0.717, 1.165) is 18.5 Å². The average molecular weight is 276 g/mol. The fourth-order valence-corrected chi connectivity index (χ4v) is 2.61. The van der Waals surface area contributed by atoms with Gasteiger partial charge in [0.2, 0.25) is 0 Å². The van der Waals surface area contributed by atoms with Gasteiger partial charge in [0, 0.05) is 12.2 Å². The highest BCUT2D eigenvalue weighted by atomic mass is 16.4. The van der Waals surface area contributed by atoms with Crippen LogP contribution in [0.3, 0.4) is 0 Å². The molecule has 0 aromatic carbocycles. The van der Waals surface area contributed by atoms with Gasteiger partial charge in [0.25, 0.3) is 5.91 Å². The first kappa shape index (κ1) is 14.5. The third-order valence-electron chi connectivity index (χ3n) is 3.87. The molecule has 1 aromatic rings. The van der Waals surface area contributed by atoms with Crippen molar-refractivity contribution in [2.75, 3.05) is 6.54 Å². The Bertz CT molecular complexity index is 494. The molecule has 1 aromatic heterocycles. The summed E-state index contributed by atoms with van der Waals surface area (Å²) in [7, 11) is 0. The number of nitrogens with zero attached hydrogens (tertiary/aromatic N) is 1. The lowest BCUT2D eigenvalue weighted by Gasteiger charge is -2.26. The third-order valence-corrected chi connectivity index (χ3v) is 3.87. The van der Waals surface area contributed by atoms with E-state index in [1.165, 1.54) is 0 Å². The molecule has 1 amide bonds. The summed E-state index contributed by atoms with van der Waals surface area (Å²) in [5.41, 5.74) is 1.25. The highest BCUT2D eigenvalue weighted by molar-refractivity contribution is 5.92. The Kier molecular flexibility index (Phi) is 4.71. The van der Waals surface area contributed by atoms with Crippen LogP contribution in [0, 0.1) is 18.8 Å². The van der Waals surface area contributed by atoms with Crippen LogP contribution in [0.25, 0.3) is 0 Å². The molecule has 1 heterocycles. The van der Waals surface area contributed by atoms with E-state index in [1.807, 2.05) is 19.1 Å². The lowest BCUT2D eigenvalue weighted by Crippen LogP contribution is -2.32. The van der Waals surface area contributed by atoms with Crippen LogP contribution < -0.4 is 5.32 Å². The first-order chi connectivity index (χ1) is 9.56. The minimum absolute atomic E-state index is 0.158. The second kappa shape index (κ2) is 6.50. The predicted molar refractivity (Wildman–Crippen MR) is 74.4 cm³/mol. The Labute approximate surface area is 118 Å².